The zero-order chi connectivity index (χ0) is 15.5. The van der Waals surface area contributed by atoms with E-state index < -0.39 is 6.09 Å². The first-order chi connectivity index (χ1) is 10.1. The molecule has 1 aromatic rings. The van der Waals surface area contributed by atoms with Crippen molar-refractivity contribution in [3.05, 3.63) is 40.3 Å². The number of nitrogens with two attached hydrogens (primary N) is 1. The Morgan fingerprint density at radius 3 is 2.57 bits per heavy atom. The largest absolute Gasteiger partial charge is 0.447 e. The second-order valence-electron chi connectivity index (χ2n) is 3.77. The minimum atomic E-state index is -0.851. The normalized spacial score (nSPS) is 9.52. The van der Waals surface area contributed by atoms with Crippen LogP contribution < -0.4 is 11.1 Å². The summed E-state index contributed by atoms with van der Waals surface area (Å²) in [6, 6.07) is 6.21. The number of hydrogen-bond donors (Lipinski definition) is 2. The number of rotatable bonds is 8. The van der Waals surface area contributed by atoms with Crippen LogP contribution in [0.3, 0.4) is 0 Å². The molecule has 21 heavy (non-hydrogen) atoms. The number of benzene rings is 1. The van der Waals surface area contributed by atoms with Crippen LogP contribution in [0.1, 0.15) is 10.4 Å². The molecule has 0 radical (unpaired) electrons. The smallest absolute Gasteiger partial charge is 0.404 e. The average molecular weight is 293 g/mol. The number of nitrogens with one attached hydrogen (secondary N) is 1. The third kappa shape index (κ3) is 6.81. The molecule has 2 amide bonds. The van der Waals surface area contributed by atoms with Gasteiger partial charge in [0.15, 0.2) is 0 Å². The van der Waals surface area contributed by atoms with Gasteiger partial charge in [0.2, 0.25) is 0 Å². The summed E-state index contributed by atoms with van der Waals surface area (Å²) in [6.07, 6.45) is -0.851. The number of carbonyl (C=O) groups is 2. The van der Waals surface area contributed by atoms with Crippen molar-refractivity contribution in [2.45, 2.75) is 0 Å². The van der Waals surface area contributed by atoms with Gasteiger partial charge in [-0.3, -0.25) is 4.79 Å². The van der Waals surface area contributed by atoms with Crippen LogP contribution in [0.2, 0.25) is 0 Å². The Bertz CT molecular complexity index is 525. The molecular weight excluding hydrogens is 278 g/mol. The molecule has 1 rings (SSSR count). The Balaban J connectivity index is 2.21. The Labute approximate surface area is 120 Å². The van der Waals surface area contributed by atoms with Crippen LogP contribution in [0.5, 0.6) is 0 Å². The van der Waals surface area contributed by atoms with E-state index in [1.807, 2.05) is 0 Å². The molecule has 0 aliphatic heterocycles. The summed E-state index contributed by atoms with van der Waals surface area (Å²) < 4.78 is 9.58. The van der Waals surface area contributed by atoms with Crippen LogP contribution in [-0.2, 0) is 9.47 Å². The molecule has 0 fully saturated rings. The minimum absolute atomic E-state index is 0.0736. The van der Waals surface area contributed by atoms with Crippen molar-refractivity contribution >= 4 is 17.7 Å². The van der Waals surface area contributed by atoms with Crippen molar-refractivity contribution in [1.82, 2.24) is 5.32 Å². The highest BCUT2D eigenvalue weighted by Crippen LogP contribution is 2.12. The van der Waals surface area contributed by atoms with Gasteiger partial charge in [0.1, 0.15) is 6.61 Å². The molecule has 9 nitrogen and oxygen atoms in total. The number of azide groups is 1. The molecular formula is C12H15N5O4. The third-order valence-electron chi connectivity index (χ3n) is 2.29. The van der Waals surface area contributed by atoms with Crippen LogP contribution in [0.4, 0.5) is 10.5 Å². The van der Waals surface area contributed by atoms with Crippen molar-refractivity contribution in [2.24, 2.45) is 10.8 Å². The Morgan fingerprint density at radius 2 is 1.95 bits per heavy atom. The van der Waals surface area contributed by atoms with Crippen molar-refractivity contribution in [2.75, 3.05) is 26.4 Å². The number of hydrogen-bond acceptors (Lipinski definition) is 5. The molecule has 0 aromatic heterocycles. The average Bonchev–Trinajstić information content (AvgIpc) is 2.47. The first-order valence-electron chi connectivity index (χ1n) is 6.07. The summed E-state index contributed by atoms with van der Waals surface area (Å²) in [4.78, 5) is 24.6. The molecule has 0 aliphatic carbocycles. The quantitative estimate of drug-likeness (QED) is 0.324. The zero-order valence-electron chi connectivity index (χ0n) is 11.2. The van der Waals surface area contributed by atoms with E-state index in [9.17, 15) is 9.59 Å². The predicted octanol–water partition coefficient (Wildman–Crippen LogP) is 1.47. The first-order valence-corrected chi connectivity index (χ1v) is 6.07. The van der Waals surface area contributed by atoms with Gasteiger partial charge >= 0.3 is 6.09 Å². The predicted molar refractivity (Wildman–Crippen MR) is 73.9 cm³/mol. The number of ether oxygens (including phenoxy) is 2. The van der Waals surface area contributed by atoms with Gasteiger partial charge in [-0.15, -0.1) is 0 Å². The molecule has 0 aliphatic rings. The van der Waals surface area contributed by atoms with E-state index in [-0.39, 0.29) is 25.7 Å². The van der Waals surface area contributed by atoms with Crippen LogP contribution in [0.25, 0.3) is 10.4 Å². The number of nitrogens with zero attached hydrogens (tertiary/aromatic N) is 3. The second-order valence-corrected chi connectivity index (χ2v) is 3.77. The topological polar surface area (TPSA) is 139 Å². The summed E-state index contributed by atoms with van der Waals surface area (Å²) in [5, 5.41) is 6.06. The van der Waals surface area contributed by atoms with Crippen LogP contribution >= 0.6 is 0 Å². The number of carbonyl (C=O) groups excluding carboxylic acids is 2. The lowest BCUT2D eigenvalue weighted by molar-refractivity contribution is 0.0745. The molecule has 0 bridgehead atoms. The second kappa shape index (κ2) is 9.18. The molecule has 1 aromatic carbocycles. The number of primary amides is 1. The molecule has 3 N–H and O–H groups in total. The lowest BCUT2D eigenvalue weighted by Crippen LogP contribution is -2.27. The Morgan fingerprint density at radius 1 is 1.24 bits per heavy atom. The van der Waals surface area contributed by atoms with Gasteiger partial charge in [0.05, 0.1) is 13.2 Å². The van der Waals surface area contributed by atoms with Gasteiger partial charge in [-0.05, 0) is 17.7 Å². The van der Waals surface area contributed by atoms with E-state index in [0.29, 0.717) is 17.8 Å². The van der Waals surface area contributed by atoms with Gasteiger partial charge < -0.3 is 20.5 Å². The fourth-order valence-corrected chi connectivity index (χ4v) is 1.37. The van der Waals surface area contributed by atoms with Crippen LogP contribution in [-0.4, -0.2) is 38.4 Å². The summed E-state index contributed by atoms with van der Waals surface area (Å²) >= 11 is 0. The van der Waals surface area contributed by atoms with Gasteiger partial charge in [-0.25, -0.2) is 4.79 Å². The molecule has 0 saturated heterocycles. The molecule has 112 valence electrons. The summed E-state index contributed by atoms with van der Waals surface area (Å²) in [5.74, 6) is -0.264. The molecule has 0 spiro atoms. The van der Waals surface area contributed by atoms with Crippen molar-refractivity contribution in [3.63, 3.8) is 0 Å². The van der Waals surface area contributed by atoms with E-state index in [2.05, 4.69) is 20.1 Å². The highest BCUT2D eigenvalue weighted by molar-refractivity contribution is 5.94. The van der Waals surface area contributed by atoms with E-state index >= 15 is 0 Å². The monoisotopic (exact) mass is 293 g/mol. The lowest BCUT2D eigenvalue weighted by atomic mass is 10.2. The molecule has 0 heterocycles. The van der Waals surface area contributed by atoms with Crippen molar-refractivity contribution in [1.29, 1.82) is 0 Å². The Hall–Kier alpha value is -2.77. The van der Waals surface area contributed by atoms with Crippen molar-refractivity contribution in [3.8, 4) is 0 Å². The summed E-state index contributed by atoms with van der Waals surface area (Å²) in [5.41, 5.74) is 13.9. The maximum absolute atomic E-state index is 11.7. The number of amides is 2. The molecule has 0 atom stereocenters. The highest BCUT2D eigenvalue weighted by Gasteiger charge is 2.04. The van der Waals surface area contributed by atoms with E-state index in [0.717, 1.165) is 0 Å². The Kier molecular flexibility index (Phi) is 7.12. The fraction of sp³-hybridized carbons (Fsp3) is 0.333. The van der Waals surface area contributed by atoms with E-state index in [4.69, 9.17) is 16.0 Å². The SMILES string of the molecule is [N-]=[N+]=Nc1ccc(C(=O)NCCOCCOC(N)=O)cc1. The maximum atomic E-state index is 11.7. The summed E-state index contributed by atoms with van der Waals surface area (Å²) in [7, 11) is 0. The lowest BCUT2D eigenvalue weighted by Gasteiger charge is -2.06. The van der Waals surface area contributed by atoms with E-state index in [1.54, 1.807) is 24.3 Å². The first kappa shape index (κ1) is 16.3. The van der Waals surface area contributed by atoms with Gasteiger partial charge in [0.25, 0.3) is 5.91 Å². The van der Waals surface area contributed by atoms with Gasteiger partial charge in [-0.2, -0.15) is 0 Å². The fourth-order valence-electron chi connectivity index (χ4n) is 1.37. The van der Waals surface area contributed by atoms with Crippen LogP contribution in [0.15, 0.2) is 29.4 Å². The molecule has 9 heteroatoms. The zero-order valence-corrected chi connectivity index (χ0v) is 11.2. The minimum Gasteiger partial charge on any atom is -0.447 e. The highest BCUT2D eigenvalue weighted by atomic mass is 16.6. The molecule has 0 saturated carbocycles. The molecule has 0 unspecified atom stereocenters. The van der Waals surface area contributed by atoms with Gasteiger partial charge in [0, 0.05) is 22.7 Å². The maximum Gasteiger partial charge on any atom is 0.404 e. The van der Waals surface area contributed by atoms with Gasteiger partial charge in [-0.1, -0.05) is 17.2 Å². The van der Waals surface area contributed by atoms with E-state index in [1.165, 1.54) is 0 Å². The van der Waals surface area contributed by atoms with Crippen LogP contribution in [0, 0.1) is 0 Å². The summed E-state index contributed by atoms with van der Waals surface area (Å²) in [6.45, 7) is 0.877. The van der Waals surface area contributed by atoms with Crippen molar-refractivity contribution < 1.29 is 19.1 Å². The standard InChI is InChI=1S/C12H15N5O4/c13-12(19)21-8-7-20-6-5-15-11(18)9-1-3-10(4-2-9)16-17-14/h1-4H,5-8H2,(H2,13,19)(H,15,18). The third-order valence-corrected chi connectivity index (χ3v) is 2.29.